The number of halogens is 1. The summed E-state index contributed by atoms with van der Waals surface area (Å²) < 4.78 is 1.92. The molecule has 1 amide bonds. The molecule has 8 heteroatoms. The summed E-state index contributed by atoms with van der Waals surface area (Å²) in [6, 6.07) is 2.58. The van der Waals surface area contributed by atoms with Crippen LogP contribution in [-0.4, -0.2) is 70.8 Å². The number of rotatable bonds is 3. The number of nitrogens with one attached hydrogen (secondary N) is 1. The molecule has 6 nitrogen and oxygen atoms in total. The first-order chi connectivity index (χ1) is 12.0. The summed E-state index contributed by atoms with van der Waals surface area (Å²) >= 11 is 1.58. The topological polar surface area (TPSA) is 53.4 Å². The smallest absolute Gasteiger partial charge is 0.264 e. The van der Waals surface area contributed by atoms with E-state index < -0.39 is 0 Å². The van der Waals surface area contributed by atoms with Crippen LogP contribution < -0.4 is 5.32 Å². The molecule has 0 aliphatic carbocycles. The van der Waals surface area contributed by atoms with Crippen molar-refractivity contribution in [3.8, 4) is 0 Å². The van der Waals surface area contributed by atoms with Gasteiger partial charge in [0.15, 0.2) is 0 Å². The Morgan fingerprint density at radius 2 is 2.04 bits per heavy atom. The van der Waals surface area contributed by atoms with Crippen molar-refractivity contribution in [2.45, 2.75) is 32.2 Å². The van der Waals surface area contributed by atoms with Gasteiger partial charge in [-0.3, -0.25) is 14.4 Å². The maximum Gasteiger partial charge on any atom is 0.264 e. The molecular formula is C18H28ClN5OS. The maximum absolute atomic E-state index is 13.0. The van der Waals surface area contributed by atoms with Gasteiger partial charge in [-0.15, -0.1) is 23.7 Å². The first kappa shape index (κ1) is 19.6. The van der Waals surface area contributed by atoms with Gasteiger partial charge in [0.2, 0.25) is 0 Å². The molecular weight excluding hydrogens is 370 g/mol. The maximum atomic E-state index is 13.0. The number of hydrogen-bond acceptors (Lipinski definition) is 5. The number of thiophene rings is 1. The van der Waals surface area contributed by atoms with Gasteiger partial charge in [0.25, 0.3) is 5.91 Å². The van der Waals surface area contributed by atoms with Gasteiger partial charge >= 0.3 is 0 Å². The largest absolute Gasteiger partial charge is 0.336 e. The number of amides is 1. The van der Waals surface area contributed by atoms with Gasteiger partial charge in [-0.25, -0.2) is 0 Å². The summed E-state index contributed by atoms with van der Waals surface area (Å²) in [7, 11) is 1.97. The Bertz CT molecular complexity index is 780. The fraction of sp³-hybridized carbons (Fsp3) is 0.667. The van der Waals surface area contributed by atoms with Crippen LogP contribution in [0.4, 0.5) is 0 Å². The molecule has 0 bridgehead atoms. The van der Waals surface area contributed by atoms with Crippen molar-refractivity contribution in [3.63, 3.8) is 0 Å². The van der Waals surface area contributed by atoms with Crippen LogP contribution in [0.3, 0.4) is 0 Å². The predicted molar refractivity (Wildman–Crippen MR) is 109 cm³/mol. The van der Waals surface area contributed by atoms with E-state index in [0.717, 1.165) is 66.5 Å². The number of carbonyl (C=O) groups is 1. The van der Waals surface area contributed by atoms with Crippen molar-refractivity contribution in [2.75, 3.05) is 39.3 Å². The SMILES string of the molecule is CC(C)c1nn(C)c2sc(C(=O)N3CCC(N4CCNCC4)C3)cc12.Cl. The van der Waals surface area contributed by atoms with E-state index in [-0.39, 0.29) is 18.3 Å². The second kappa shape index (κ2) is 7.84. The van der Waals surface area contributed by atoms with E-state index >= 15 is 0 Å². The molecule has 1 N–H and O–H groups in total. The summed E-state index contributed by atoms with van der Waals surface area (Å²) in [5, 5.41) is 9.15. The fourth-order valence-electron chi connectivity index (χ4n) is 4.03. The van der Waals surface area contributed by atoms with E-state index in [0.29, 0.717) is 12.0 Å². The summed E-state index contributed by atoms with van der Waals surface area (Å²) in [6.07, 6.45) is 1.09. The molecule has 2 fully saturated rings. The Hall–Kier alpha value is -1.15. The van der Waals surface area contributed by atoms with Gasteiger partial charge in [0, 0.05) is 57.7 Å². The number of likely N-dealkylation sites (tertiary alicyclic amines) is 1. The number of nitrogens with zero attached hydrogens (tertiary/aromatic N) is 4. The lowest BCUT2D eigenvalue weighted by molar-refractivity contribution is 0.0778. The first-order valence-corrected chi connectivity index (χ1v) is 10.1. The van der Waals surface area contributed by atoms with Crippen molar-refractivity contribution < 1.29 is 4.79 Å². The van der Waals surface area contributed by atoms with Crippen LogP contribution in [0.2, 0.25) is 0 Å². The number of hydrogen-bond donors (Lipinski definition) is 1. The molecule has 2 aromatic heterocycles. The van der Waals surface area contributed by atoms with E-state index in [4.69, 9.17) is 0 Å². The van der Waals surface area contributed by atoms with Crippen LogP contribution in [-0.2, 0) is 7.05 Å². The number of aryl methyl sites for hydroxylation is 1. The van der Waals surface area contributed by atoms with Crippen molar-refractivity contribution in [1.29, 1.82) is 0 Å². The Morgan fingerprint density at radius 3 is 2.73 bits per heavy atom. The highest BCUT2D eigenvalue weighted by Crippen LogP contribution is 2.32. The van der Waals surface area contributed by atoms with Gasteiger partial charge in [-0.1, -0.05) is 13.8 Å². The second-order valence-corrected chi connectivity index (χ2v) is 8.50. The molecule has 0 saturated carbocycles. The lowest BCUT2D eigenvalue weighted by Gasteiger charge is -2.32. The molecule has 4 rings (SSSR count). The number of carbonyl (C=O) groups excluding carboxylic acids is 1. The van der Waals surface area contributed by atoms with E-state index in [1.165, 1.54) is 0 Å². The summed E-state index contributed by atoms with van der Waals surface area (Å²) in [6.45, 7) is 10.4. The zero-order valence-corrected chi connectivity index (χ0v) is 17.3. The van der Waals surface area contributed by atoms with E-state index in [1.807, 2.05) is 16.6 Å². The van der Waals surface area contributed by atoms with Gasteiger partial charge in [0.05, 0.1) is 10.6 Å². The van der Waals surface area contributed by atoms with E-state index in [2.05, 4.69) is 35.2 Å². The van der Waals surface area contributed by atoms with E-state index in [9.17, 15) is 4.79 Å². The van der Waals surface area contributed by atoms with Crippen LogP contribution in [0.25, 0.3) is 10.2 Å². The van der Waals surface area contributed by atoms with Gasteiger partial charge in [0.1, 0.15) is 4.83 Å². The lowest BCUT2D eigenvalue weighted by atomic mass is 10.1. The first-order valence-electron chi connectivity index (χ1n) is 9.25. The molecule has 1 unspecified atom stereocenters. The predicted octanol–water partition coefficient (Wildman–Crippen LogP) is 2.30. The third kappa shape index (κ3) is 3.50. The molecule has 4 heterocycles. The zero-order chi connectivity index (χ0) is 17.6. The summed E-state index contributed by atoms with van der Waals surface area (Å²) in [4.78, 5) is 19.5. The molecule has 2 aromatic rings. The number of aromatic nitrogens is 2. The lowest BCUT2D eigenvalue weighted by Crippen LogP contribution is -2.49. The van der Waals surface area contributed by atoms with Crippen molar-refractivity contribution in [1.82, 2.24) is 24.9 Å². The highest BCUT2D eigenvalue weighted by atomic mass is 35.5. The minimum absolute atomic E-state index is 0. The van der Waals surface area contributed by atoms with Crippen molar-refractivity contribution in [2.24, 2.45) is 7.05 Å². The molecule has 2 aliphatic heterocycles. The Labute approximate surface area is 164 Å². The molecule has 1 atom stereocenters. The normalized spacial score (nSPS) is 21.5. The highest BCUT2D eigenvalue weighted by molar-refractivity contribution is 7.20. The zero-order valence-electron chi connectivity index (χ0n) is 15.7. The molecule has 0 radical (unpaired) electrons. The fourth-order valence-corrected chi connectivity index (χ4v) is 5.07. The standard InChI is InChI=1S/C18H27N5OS.ClH/c1-12(2)16-14-10-15(25-18(14)21(3)20-16)17(24)23-7-4-13(11-23)22-8-5-19-6-9-22;/h10,12-13,19H,4-9,11H2,1-3H3;1H. The van der Waals surface area contributed by atoms with Crippen LogP contribution >= 0.6 is 23.7 Å². The minimum atomic E-state index is 0. The molecule has 0 aromatic carbocycles. The molecule has 26 heavy (non-hydrogen) atoms. The molecule has 2 aliphatic rings. The highest BCUT2D eigenvalue weighted by Gasteiger charge is 2.32. The van der Waals surface area contributed by atoms with Crippen LogP contribution in [0.15, 0.2) is 6.07 Å². The third-order valence-electron chi connectivity index (χ3n) is 5.42. The average molecular weight is 398 g/mol. The third-order valence-corrected chi connectivity index (χ3v) is 6.61. The second-order valence-electron chi connectivity index (χ2n) is 7.47. The van der Waals surface area contributed by atoms with Gasteiger partial charge in [-0.2, -0.15) is 5.10 Å². The van der Waals surface area contributed by atoms with E-state index in [1.54, 1.807) is 11.3 Å². The van der Waals surface area contributed by atoms with Crippen LogP contribution in [0.1, 0.15) is 41.6 Å². The monoisotopic (exact) mass is 397 g/mol. The number of piperazine rings is 1. The van der Waals surface area contributed by atoms with Gasteiger partial charge in [-0.05, 0) is 18.4 Å². The average Bonchev–Trinajstić information content (AvgIpc) is 3.31. The number of fused-ring (bicyclic) bond motifs is 1. The minimum Gasteiger partial charge on any atom is -0.336 e. The van der Waals surface area contributed by atoms with Crippen LogP contribution in [0.5, 0.6) is 0 Å². The Balaban J connectivity index is 0.00000196. The Kier molecular flexibility index (Phi) is 5.91. The van der Waals surface area contributed by atoms with Crippen LogP contribution in [0, 0.1) is 0 Å². The Morgan fingerprint density at radius 1 is 1.31 bits per heavy atom. The molecule has 2 saturated heterocycles. The van der Waals surface area contributed by atoms with Gasteiger partial charge < -0.3 is 10.2 Å². The molecule has 0 spiro atoms. The van der Waals surface area contributed by atoms with Crippen molar-refractivity contribution in [3.05, 3.63) is 16.6 Å². The molecule has 144 valence electrons. The summed E-state index contributed by atoms with van der Waals surface area (Å²) in [5.41, 5.74) is 1.09. The van der Waals surface area contributed by atoms with Crippen molar-refractivity contribution >= 4 is 39.9 Å². The summed E-state index contributed by atoms with van der Waals surface area (Å²) in [5.74, 6) is 0.554. The quantitative estimate of drug-likeness (QED) is 0.863.